The molecule has 178 valence electrons. The Balaban J connectivity index is 1.80. The monoisotopic (exact) mass is 493 g/mol. The zero-order valence-corrected chi connectivity index (χ0v) is 20.0. The van der Waals surface area contributed by atoms with Crippen LogP contribution in [0.5, 0.6) is 5.75 Å². The van der Waals surface area contributed by atoms with E-state index in [1.54, 1.807) is 4.90 Å². The first-order valence-corrected chi connectivity index (χ1v) is 12.5. The number of amides is 2. The Labute approximate surface area is 199 Å². The maximum Gasteiger partial charge on any atom is 0.243 e. The molecule has 0 bridgehead atoms. The van der Waals surface area contributed by atoms with Gasteiger partial charge in [-0.05, 0) is 43.0 Å². The highest BCUT2D eigenvalue weighted by atomic mass is 35.5. The molecule has 0 saturated carbocycles. The van der Waals surface area contributed by atoms with Crippen molar-refractivity contribution in [3.8, 4) is 5.75 Å². The molecule has 0 unspecified atom stereocenters. The molecule has 10 heteroatoms. The quantitative estimate of drug-likeness (QED) is 0.576. The molecule has 0 radical (unpaired) electrons. The number of benzene rings is 2. The number of hydrogen-bond donors (Lipinski definition) is 1. The van der Waals surface area contributed by atoms with Crippen molar-refractivity contribution in [1.82, 2.24) is 9.21 Å². The molecule has 2 aromatic carbocycles. The van der Waals surface area contributed by atoms with E-state index in [2.05, 4.69) is 0 Å². The van der Waals surface area contributed by atoms with Gasteiger partial charge in [-0.15, -0.1) is 0 Å². The summed E-state index contributed by atoms with van der Waals surface area (Å²) in [5, 5.41) is 0.168. The second-order valence-corrected chi connectivity index (χ2v) is 10.3. The van der Waals surface area contributed by atoms with E-state index in [1.165, 1.54) is 29.6 Å². The van der Waals surface area contributed by atoms with Crippen molar-refractivity contribution >= 4 is 33.4 Å². The lowest BCUT2D eigenvalue weighted by atomic mass is 9.96. The number of likely N-dealkylation sites (tertiary alicyclic amines) is 1. The number of carbonyl (C=O) groups is 2. The summed E-state index contributed by atoms with van der Waals surface area (Å²) in [6.45, 7) is 0.556. The van der Waals surface area contributed by atoms with Crippen molar-refractivity contribution in [3.63, 3.8) is 0 Å². The number of carbonyl (C=O) groups excluding carboxylic acids is 2. The highest BCUT2D eigenvalue weighted by molar-refractivity contribution is 7.89. The van der Waals surface area contributed by atoms with Crippen LogP contribution in [0, 0.1) is 5.92 Å². The van der Waals surface area contributed by atoms with Crippen LogP contribution in [0.1, 0.15) is 18.4 Å². The minimum atomic E-state index is -4.00. The van der Waals surface area contributed by atoms with E-state index in [1.807, 2.05) is 30.3 Å². The van der Waals surface area contributed by atoms with Gasteiger partial charge in [0.15, 0.2) is 0 Å². The van der Waals surface area contributed by atoms with Gasteiger partial charge in [0.2, 0.25) is 21.8 Å². The van der Waals surface area contributed by atoms with E-state index < -0.39 is 10.0 Å². The summed E-state index contributed by atoms with van der Waals surface area (Å²) in [6.07, 6.45) is 1.40. The number of methoxy groups -OCH3 is 1. The van der Waals surface area contributed by atoms with Crippen LogP contribution < -0.4 is 10.5 Å². The summed E-state index contributed by atoms with van der Waals surface area (Å²) in [6, 6.07) is 13.7. The van der Waals surface area contributed by atoms with E-state index in [0.717, 1.165) is 5.56 Å². The SMILES string of the molecule is COc1ccc(S(=O)(=O)N(CCc2ccccc2)CC(=O)N2CCC(C(N)=O)CC2)cc1Cl. The van der Waals surface area contributed by atoms with Gasteiger partial charge < -0.3 is 15.4 Å². The lowest BCUT2D eigenvalue weighted by Gasteiger charge is -2.32. The number of ether oxygens (including phenoxy) is 1. The summed E-state index contributed by atoms with van der Waals surface area (Å²) < 4.78 is 33.2. The fraction of sp³-hybridized carbons (Fsp3) is 0.391. The summed E-state index contributed by atoms with van der Waals surface area (Å²) >= 11 is 6.16. The highest BCUT2D eigenvalue weighted by Crippen LogP contribution is 2.28. The van der Waals surface area contributed by atoms with Gasteiger partial charge in [0.05, 0.1) is 23.6 Å². The minimum absolute atomic E-state index is 0.0124. The molecule has 1 saturated heterocycles. The van der Waals surface area contributed by atoms with Crippen LogP contribution in [0.2, 0.25) is 5.02 Å². The fourth-order valence-electron chi connectivity index (χ4n) is 3.80. The lowest BCUT2D eigenvalue weighted by molar-refractivity contribution is -0.135. The van der Waals surface area contributed by atoms with Crippen LogP contribution in [0.3, 0.4) is 0 Å². The minimum Gasteiger partial charge on any atom is -0.495 e. The number of nitrogens with two attached hydrogens (primary N) is 1. The molecule has 1 heterocycles. The predicted molar refractivity (Wildman–Crippen MR) is 125 cm³/mol. The summed E-state index contributed by atoms with van der Waals surface area (Å²) in [7, 11) is -2.56. The molecular formula is C23H28ClN3O5S. The molecule has 1 aliphatic heterocycles. The van der Waals surface area contributed by atoms with Crippen LogP contribution >= 0.6 is 11.6 Å². The number of primary amides is 1. The van der Waals surface area contributed by atoms with Gasteiger partial charge in [0.1, 0.15) is 5.75 Å². The van der Waals surface area contributed by atoms with Gasteiger partial charge in [-0.2, -0.15) is 4.31 Å². The van der Waals surface area contributed by atoms with Crippen molar-refractivity contribution < 1.29 is 22.7 Å². The molecule has 2 N–H and O–H groups in total. The second-order valence-electron chi connectivity index (χ2n) is 7.93. The first-order valence-electron chi connectivity index (χ1n) is 10.7. The van der Waals surface area contributed by atoms with E-state index in [9.17, 15) is 18.0 Å². The topological polar surface area (TPSA) is 110 Å². The van der Waals surface area contributed by atoms with Crippen LogP contribution in [0.4, 0.5) is 0 Å². The third kappa shape index (κ3) is 6.25. The van der Waals surface area contributed by atoms with Gasteiger partial charge >= 0.3 is 0 Å². The number of hydrogen-bond acceptors (Lipinski definition) is 5. The van der Waals surface area contributed by atoms with E-state index in [4.69, 9.17) is 22.1 Å². The molecule has 3 rings (SSSR count). The molecule has 1 fully saturated rings. The first kappa shape index (κ1) is 25.0. The molecule has 2 aromatic rings. The van der Waals surface area contributed by atoms with Gasteiger partial charge in [0.25, 0.3) is 0 Å². The largest absolute Gasteiger partial charge is 0.495 e. The molecule has 0 aliphatic carbocycles. The van der Waals surface area contributed by atoms with Gasteiger partial charge in [-0.25, -0.2) is 8.42 Å². The van der Waals surface area contributed by atoms with Gasteiger partial charge in [-0.1, -0.05) is 41.9 Å². The number of rotatable bonds is 9. The Bertz CT molecular complexity index is 1090. The normalized spacial score (nSPS) is 14.9. The maximum absolute atomic E-state index is 13.5. The van der Waals surface area contributed by atoms with Crippen molar-refractivity contribution in [2.24, 2.45) is 11.7 Å². The van der Waals surface area contributed by atoms with Crippen molar-refractivity contribution in [2.45, 2.75) is 24.2 Å². The van der Waals surface area contributed by atoms with Gasteiger partial charge in [-0.3, -0.25) is 9.59 Å². The van der Waals surface area contributed by atoms with Gasteiger partial charge in [0, 0.05) is 25.6 Å². The summed E-state index contributed by atoms with van der Waals surface area (Å²) in [5.74, 6) is -0.576. The maximum atomic E-state index is 13.5. The zero-order chi connectivity index (χ0) is 24.0. The lowest BCUT2D eigenvalue weighted by Crippen LogP contribution is -2.47. The van der Waals surface area contributed by atoms with Crippen LogP contribution in [-0.2, 0) is 26.0 Å². The fourth-order valence-corrected chi connectivity index (χ4v) is 5.54. The highest BCUT2D eigenvalue weighted by Gasteiger charge is 2.31. The smallest absolute Gasteiger partial charge is 0.243 e. The molecule has 8 nitrogen and oxygen atoms in total. The molecule has 0 aromatic heterocycles. The third-order valence-electron chi connectivity index (χ3n) is 5.82. The van der Waals surface area contributed by atoms with Crippen LogP contribution in [0.15, 0.2) is 53.4 Å². The number of halogens is 1. The standard InChI is InChI=1S/C23H28ClN3O5S/c1-32-21-8-7-19(15-20(21)24)33(30,31)27(14-9-17-5-3-2-4-6-17)16-22(28)26-12-10-18(11-13-26)23(25)29/h2-8,15,18H,9-14,16H2,1H3,(H2,25,29). The zero-order valence-electron chi connectivity index (χ0n) is 18.4. The Hall–Kier alpha value is -2.62. The molecule has 2 amide bonds. The molecule has 0 atom stereocenters. The number of piperidine rings is 1. The van der Waals surface area contributed by atoms with E-state index in [0.29, 0.717) is 38.1 Å². The van der Waals surface area contributed by atoms with Crippen molar-refractivity contribution in [1.29, 1.82) is 0 Å². The Morgan fingerprint density at radius 3 is 2.39 bits per heavy atom. The second kappa shape index (κ2) is 11.0. The molecule has 0 spiro atoms. The Kier molecular flexibility index (Phi) is 8.34. The van der Waals surface area contributed by atoms with E-state index in [-0.39, 0.29) is 40.7 Å². The molecule has 33 heavy (non-hydrogen) atoms. The predicted octanol–water partition coefficient (Wildman–Crippen LogP) is 2.31. The third-order valence-corrected chi connectivity index (χ3v) is 7.95. The first-order chi connectivity index (χ1) is 15.7. The molecule has 1 aliphatic rings. The Morgan fingerprint density at radius 2 is 1.82 bits per heavy atom. The average Bonchev–Trinajstić information content (AvgIpc) is 2.82. The van der Waals surface area contributed by atoms with Crippen molar-refractivity contribution in [3.05, 3.63) is 59.1 Å². The molecular weight excluding hydrogens is 466 g/mol. The Morgan fingerprint density at radius 1 is 1.15 bits per heavy atom. The number of sulfonamides is 1. The summed E-state index contributed by atoms with van der Waals surface area (Å²) in [5.41, 5.74) is 6.33. The van der Waals surface area contributed by atoms with Crippen LogP contribution in [0.25, 0.3) is 0 Å². The van der Waals surface area contributed by atoms with Crippen molar-refractivity contribution in [2.75, 3.05) is 33.3 Å². The average molecular weight is 494 g/mol. The van der Waals surface area contributed by atoms with E-state index >= 15 is 0 Å². The van der Waals surface area contributed by atoms with Crippen LogP contribution in [-0.4, -0.2) is 62.7 Å². The summed E-state index contributed by atoms with van der Waals surface area (Å²) in [4.78, 5) is 26.0. The number of nitrogens with zero attached hydrogens (tertiary/aromatic N) is 2.